The summed E-state index contributed by atoms with van der Waals surface area (Å²) in [5.74, 6) is 0.270. The van der Waals surface area contributed by atoms with Crippen molar-refractivity contribution >= 4 is 5.91 Å². The summed E-state index contributed by atoms with van der Waals surface area (Å²) in [4.78, 5) is 11.8. The van der Waals surface area contributed by atoms with Crippen molar-refractivity contribution < 1.29 is 9.32 Å². The van der Waals surface area contributed by atoms with Gasteiger partial charge in [-0.2, -0.15) is 0 Å². The number of nitrogens with zero attached hydrogens (tertiary/aromatic N) is 4. The molecule has 0 spiro atoms. The number of hydrogen-bond donors (Lipinski definition) is 1. The minimum atomic E-state index is -0.305. The fourth-order valence-electron chi connectivity index (χ4n) is 1.85. The lowest BCUT2D eigenvalue weighted by molar-refractivity contribution is 0.0942. The highest BCUT2D eigenvalue weighted by molar-refractivity contribution is 5.91. The van der Waals surface area contributed by atoms with Crippen molar-refractivity contribution in [2.75, 3.05) is 0 Å². The molecule has 2 heterocycles. The number of aryl methyl sites for hydroxylation is 1. The van der Waals surface area contributed by atoms with E-state index in [9.17, 15) is 4.79 Å². The highest BCUT2D eigenvalue weighted by atomic mass is 16.5. The molecule has 1 aromatic carbocycles. The molecule has 2 aromatic heterocycles. The molecule has 1 amide bonds. The largest absolute Gasteiger partial charge is 0.359 e. The molecular formula is C14H13N5O2. The molecule has 1 N–H and O–H groups in total. The molecule has 0 radical (unpaired) electrons. The minimum absolute atomic E-state index is 0.245. The predicted octanol–water partition coefficient (Wildman–Crippen LogP) is 1.40. The fraction of sp³-hybridized carbons (Fsp3) is 0.143. The Morgan fingerprint density at radius 3 is 2.86 bits per heavy atom. The van der Waals surface area contributed by atoms with Gasteiger partial charge in [-0.1, -0.05) is 40.7 Å². The second-order valence-electron chi connectivity index (χ2n) is 4.50. The zero-order chi connectivity index (χ0) is 14.7. The summed E-state index contributed by atoms with van der Waals surface area (Å²) in [5, 5.41) is 14.1. The Kier molecular flexibility index (Phi) is 3.46. The molecule has 0 aliphatic heterocycles. The first-order valence-corrected chi connectivity index (χ1v) is 6.38. The average molecular weight is 283 g/mol. The summed E-state index contributed by atoms with van der Waals surface area (Å²) < 4.78 is 6.67. The van der Waals surface area contributed by atoms with Gasteiger partial charge < -0.3 is 9.84 Å². The maximum absolute atomic E-state index is 11.8. The lowest BCUT2D eigenvalue weighted by Gasteiger charge is -1.97. The number of carbonyl (C=O) groups excluding carboxylic acids is 1. The van der Waals surface area contributed by atoms with E-state index in [-0.39, 0.29) is 18.1 Å². The van der Waals surface area contributed by atoms with Gasteiger partial charge >= 0.3 is 0 Å². The lowest BCUT2D eigenvalue weighted by Crippen LogP contribution is -2.22. The van der Waals surface area contributed by atoms with Crippen molar-refractivity contribution in [1.29, 1.82) is 0 Å². The van der Waals surface area contributed by atoms with Gasteiger partial charge in [-0.25, -0.2) is 0 Å². The molecule has 0 bridgehead atoms. The van der Waals surface area contributed by atoms with Crippen LogP contribution in [-0.4, -0.2) is 26.1 Å². The van der Waals surface area contributed by atoms with Crippen LogP contribution in [0.4, 0.5) is 0 Å². The van der Waals surface area contributed by atoms with Gasteiger partial charge in [-0.3, -0.25) is 9.48 Å². The smallest absolute Gasteiger partial charge is 0.273 e. The van der Waals surface area contributed by atoms with Crippen LogP contribution in [0.25, 0.3) is 11.3 Å². The summed E-state index contributed by atoms with van der Waals surface area (Å²) >= 11 is 0. The van der Waals surface area contributed by atoms with Crippen LogP contribution in [0.2, 0.25) is 0 Å². The zero-order valence-corrected chi connectivity index (χ0v) is 11.4. The minimum Gasteiger partial charge on any atom is -0.359 e. The molecule has 3 aromatic rings. The second-order valence-corrected chi connectivity index (χ2v) is 4.50. The topological polar surface area (TPSA) is 85.8 Å². The first kappa shape index (κ1) is 13.0. The summed E-state index contributed by atoms with van der Waals surface area (Å²) in [6.07, 6.45) is 1.55. The van der Waals surface area contributed by atoms with Gasteiger partial charge in [0.15, 0.2) is 11.5 Å². The maximum Gasteiger partial charge on any atom is 0.273 e. The Morgan fingerprint density at radius 1 is 1.33 bits per heavy atom. The molecule has 0 atom stereocenters. The normalized spacial score (nSPS) is 10.5. The molecule has 106 valence electrons. The third kappa shape index (κ3) is 2.97. The van der Waals surface area contributed by atoms with Gasteiger partial charge in [-0.05, 0) is 0 Å². The van der Waals surface area contributed by atoms with Crippen LogP contribution in [-0.2, 0) is 13.6 Å². The number of aromatic nitrogens is 4. The SMILES string of the molecule is Cn1cc(C(=O)NCc2cc(-c3ccccc3)no2)nn1. The monoisotopic (exact) mass is 283 g/mol. The van der Waals surface area contributed by atoms with Crippen LogP contribution in [0.1, 0.15) is 16.2 Å². The van der Waals surface area contributed by atoms with E-state index in [0.29, 0.717) is 5.76 Å². The van der Waals surface area contributed by atoms with Gasteiger partial charge in [0.25, 0.3) is 5.91 Å². The Morgan fingerprint density at radius 2 is 2.14 bits per heavy atom. The standard InChI is InChI=1S/C14H13N5O2/c1-19-9-13(16-18-19)14(20)15-8-11-7-12(17-21-11)10-5-3-2-4-6-10/h2-7,9H,8H2,1H3,(H,15,20). The van der Waals surface area contributed by atoms with Crippen LogP contribution >= 0.6 is 0 Å². The van der Waals surface area contributed by atoms with E-state index in [1.807, 2.05) is 30.3 Å². The summed E-state index contributed by atoms with van der Waals surface area (Å²) in [5.41, 5.74) is 1.97. The lowest BCUT2D eigenvalue weighted by atomic mass is 10.1. The Labute approximate surface area is 120 Å². The molecule has 0 aliphatic carbocycles. The molecular weight excluding hydrogens is 270 g/mol. The van der Waals surface area contributed by atoms with Crippen LogP contribution in [0, 0.1) is 0 Å². The number of amides is 1. The number of hydrogen-bond acceptors (Lipinski definition) is 5. The summed E-state index contributed by atoms with van der Waals surface area (Å²) in [6.45, 7) is 0.245. The van der Waals surface area contributed by atoms with Gasteiger partial charge in [0.05, 0.1) is 12.7 Å². The van der Waals surface area contributed by atoms with Crippen molar-refractivity contribution in [1.82, 2.24) is 25.5 Å². The average Bonchev–Trinajstić information content (AvgIpc) is 3.15. The van der Waals surface area contributed by atoms with E-state index >= 15 is 0 Å². The highest BCUT2D eigenvalue weighted by Gasteiger charge is 2.11. The van der Waals surface area contributed by atoms with Crippen LogP contribution < -0.4 is 5.32 Å². The third-order valence-corrected chi connectivity index (χ3v) is 2.89. The van der Waals surface area contributed by atoms with Crippen molar-refractivity contribution in [3.05, 3.63) is 54.0 Å². The van der Waals surface area contributed by atoms with E-state index in [1.165, 1.54) is 4.68 Å². The molecule has 3 rings (SSSR count). The Bertz CT molecular complexity index is 748. The van der Waals surface area contributed by atoms with Crippen molar-refractivity contribution in [2.45, 2.75) is 6.54 Å². The summed E-state index contributed by atoms with van der Waals surface area (Å²) in [7, 11) is 1.70. The van der Waals surface area contributed by atoms with E-state index in [2.05, 4.69) is 20.8 Å². The van der Waals surface area contributed by atoms with Gasteiger partial charge in [0, 0.05) is 18.7 Å². The zero-order valence-electron chi connectivity index (χ0n) is 11.4. The molecule has 21 heavy (non-hydrogen) atoms. The first-order valence-electron chi connectivity index (χ1n) is 6.38. The van der Waals surface area contributed by atoms with Crippen LogP contribution in [0.3, 0.4) is 0 Å². The third-order valence-electron chi connectivity index (χ3n) is 2.89. The number of carbonyl (C=O) groups is 1. The first-order chi connectivity index (χ1) is 10.2. The Hall–Kier alpha value is -2.96. The highest BCUT2D eigenvalue weighted by Crippen LogP contribution is 2.18. The second kappa shape index (κ2) is 5.58. The van der Waals surface area contributed by atoms with Crippen molar-refractivity contribution in [3.8, 4) is 11.3 Å². The van der Waals surface area contributed by atoms with E-state index in [4.69, 9.17) is 4.52 Å². The maximum atomic E-state index is 11.8. The van der Waals surface area contributed by atoms with Crippen molar-refractivity contribution in [2.24, 2.45) is 7.05 Å². The van der Waals surface area contributed by atoms with E-state index < -0.39 is 0 Å². The Balaban J connectivity index is 1.64. The molecule has 7 nitrogen and oxygen atoms in total. The van der Waals surface area contributed by atoms with E-state index in [1.54, 1.807) is 19.3 Å². The predicted molar refractivity (Wildman–Crippen MR) is 74.1 cm³/mol. The fourth-order valence-corrected chi connectivity index (χ4v) is 1.85. The quantitative estimate of drug-likeness (QED) is 0.782. The van der Waals surface area contributed by atoms with Gasteiger partial charge in [0.2, 0.25) is 0 Å². The number of benzene rings is 1. The number of rotatable bonds is 4. The van der Waals surface area contributed by atoms with Gasteiger partial charge in [-0.15, -0.1) is 5.10 Å². The van der Waals surface area contributed by atoms with Crippen LogP contribution in [0.5, 0.6) is 0 Å². The number of nitrogens with one attached hydrogen (secondary N) is 1. The molecule has 0 fully saturated rings. The molecule has 0 unspecified atom stereocenters. The molecule has 0 saturated heterocycles. The summed E-state index contributed by atoms with van der Waals surface area (Å²) in [6, 6.07) is 11.5. The van der Waals surface area contributed by atoms with Crippen molar-refractivity contribution in [3.63, 3.8) is 0 Å². The molecule has 7 heteroatoms. The van der Waals surface area contributed by atoms with Crippen LogP contribution in [0.15, 0.2) is 47.1 Å². The van der Waals surface area contributed by atoms with Gasteiger partial charge in [0.1, 0.15) is 5.69 Å². The van der Waals surface area contributed by atoms with E-state index in [0.717, 1.165) is 11.3 Å². The molecule has 0 saturated carbocycles. The molecule has 0 aliphatic rings.